The summed E-state index contributed by atoms with van der Waals surface area (Å²) in [6.45, 7) is 3.23. The van der Waals surface area contributed by atoms with Gasteiger partial charge in [0.25, 0.3) is 0 Å². The normalized spacial score (nSPS) is 28.1. The van der Waals surface area contributed by atoms with Crippen molar-refractivity contribution < 1.29 is 4.79 Å². The third-order valence-electron chi connectivity index (χ3n) is 5.87. The number of piperidine rings is 1. The standard InChI is InChI=1S/C18H26N4O/c23-18(22-8-3-5-14-4-1-2-6-17(14)22)12-21-9-7-15-10-19-13-20-16(15)11-21/h10,13-14,17H,1-9,11-12H2/t14-,17+/m0/s1. The molecule has 3 aliphatic rings. The lowest BCUT2D eigenvalue weighted by atomic mass is 9.78. The van der Waals surface area contributed by atoms with Gasteiger partial charge in [0, 0.05) is 31.9 Å². The minimum atomic E-state index is 0.333. The first kappa shape index (κ1) is 15.1. The van der Waals surface area contributed by atoms with E-state index in [1.54, 1.807) is 6.33 Å². The molecule has 2 aliphatic heterocycles. The van der Waals surface area contributed by atoms with Crippen LogP contribution in [0, 0.1) is 5.92 Å². The average Bonchev–Trinajstić information content (AvgIpc) is 2.61. The van der Waals surface area contributed by atoms with E-state index >= 15 is 0 Å². The van der Waals surface area contributed by atoms with Crippen molar-refractivity contribution in [3.05, 3.63) is 23.8 Å². The van der Waals surface area contributed by atoms with Gasteiger partial charge in [0.2, 0.25) is 5.91 Å². The molecule has 0 unspecified atom stereocenters. The monoisotopic (exact) mass is 314 g/mol. The molecule has 5 nitrogen and oxygen atoms in total. The highest BCUT2D eigenvalue weighted by molar-refractivity contribution is 5.78. The minimum Gasteiger partial charge on any atom is -0.338 e. The molecule has 1 aliphatic carbocycles. The predicted molar refractivity (Wildman–Crippen MR) is 87.7 cm³/mol. The topological polar surface area (TPSA) is 49.3 Å². The van der Waals surface area contributed by atoms with Crippen molar-refractivity contribution in [3.8, 4) is 0 Å². The second kappa shape index (κ2) is 6.56. The van der Waals surface area contributed by atoms with Crippen LogP contribution in [-0.4, -0.2) is 51.4 Å². The first-order chi connectivity index (χ1) is 11.3. The smallest absolute Gasteiger partial charge is 0.237 e. The number of amides is 1. The van der Waals surface area contributed by atoms with Crippen LogP contribution in [0.5, 0.6) is 0 Å². The largest absolute Gasteiger partial charge is 0.338 e. The number of hydrogen-bond acceptors (Lipinski definition) is 4. The number of likely N-dealkylation sites (tertiary alicyclic amines) is 1. The van der Waals surface area contributed by atoms with E-state index in [0.29, 0.717) is 18.5 Å². The molecule has 3 heterocycles. The van der Waals surface area contributed by atoms with Crippen LogP contribution in [0.4, 0.5) is 0 Å². The molecule has 1 aromatic rings. The van der Waals surface area contributed by atoms with Gasteiger partial charge in [-0.1, -0.05) is 12.8 Å². The number of aromatic nitrogens is 2. The van der Waals surface area contributed by atoms with E-state index in [2.05, 4.69) is 19.8 Å². The summed E-state index contributed by atoms with van der Waals surface area (Å²) in [6.07, 6.45) is 12.2. The molecule has 5 heteroatoms. The number of carbonyl (C=O) groups excluding carboxylic acids is 1. The third-order valence-corrected chi connectivity index (χ3v) is 5.87. The number of hydrogen-bond donors (Lipinski definition) is 0. The van der Waals surface area contributed by atoms with Crippen molar-refractivity contribution in [1.82, 2.24) is 19.8 Å². The summed E-state index contributed by atoms with van der Waals surface area (Å²) in [6, 6.07) is 0.518. The lowest BCUT2D eigenvalue weighted by Crippen LogP contribution is -2.52. The zero-order valence-electron chi connectivity index (χ0n) is 13.8. The van der Waals surface area contributed by atoms with E-state index in [1.165, 1.54) is 44.1 Å². The van der Waals surface area contributed by atoms with Gasteiger partial charge in [-0.05, 0) is 43.6 Å². The molecule has 0 radical (unpaired) electrons. The van der Waals surface area contributed by atoms with Crippen molar-refractivity contribution >= 4 is 5.91 Å². The Labute approximate surface area is 138 Å². The molecule has 0 spiro atoms. The molecule has 1 aromatic heterocycles. The van der Waals surface area contributed by atoms with Crippen LogP contribution in [-0.2, 0) is 17.8 Å². The van der Waals surface area contributed by atoms with Crippen LogP contribution in [0.3, 0.4) is 0 Å². The molecule has 23 heavy (non-hydrogen) atoms. The molecule has 2 atom stereocenters. The Bertz CT molecular complexity index is 574. The lowest BCUT2D eigenvalue weighted by Gasteiger charge is -2.44. The predicted octanol–water partition coefficient (Wildman–Crippen LogP) is 2.02. The van der Waals surface area contributed by atoms with Gasteiger partial charge in [0.05, 0.1) is 12.2 Å². The Hall–Kier alpha value is -1.49. The molecule has 1 amide bonds. The van der Waals surface area contributed by atoms with Gasteiger partial charge in [-0.2, -0.15) is 0 Å². The van der Waals surface area contributed by atoms with Crippen molar-refractivity contribution in [2.45, 2.75) is 57.5 Å². The fourth-order valence-corrected chi connectivity index (χ4v) is 4.66. The van der Waals surface area contributed by atoms with Gasteiger partial charge in [-0.25, -0.2) is 9.97 Å². The summed E-state index contributed by atoms with van der Waals surface area (Å²) in [5.74, 6) is 1.09. The first-order valence-electron chi connectivity index (χ1n) is 9.11. The molecule has 0 N–H and O–H groups in total. The maximum atomic E-state index is 12.9. The average molecular weight is 314 g/mol. The van der Waals surface area contributed by atoms with Gasteiger partial charge < -0.3 is 4.90 Å². The summed E-state index contributed by atoms with van der Waals surface area (Å²) in [4.78, 5) is 25.8. The summed E-state index contributed by atoms with van der Waals surface area (Å²) in [7, 11) is 0. The maximum Gasteiger partial charge on any atom is 0.237 e. The zero-order chi connectivity index (χ0) is 15.6. The van der Waals surface area contributed by atoms with Gasteiger partial charge in [0.15, 0.2) is 0 Å². The van der Waals surface area contributed by atoms with E-state index in [1.807, 2.05) is 6.20 Å². The Morgan fingerprint density at radius 3 is 3.00 bits per heavy atom. The lowest BCUT2D eigenvalue weighted by molar-refractivity contribution is -0.139. The number of carbonyl (C=O) groups is 1. The summed E-state index contributed by atoms with van der Waals surface area (Å²) < 4.78 is 0. The van der Waals surface area contributed by atoms with E-state index in [9.17, 15) is 4.79 Å². The molecule has 4 rings (SSSR count). The van der Waals surface area contributed by atoms with Crippen LogP contribution >= 0.6 is 0 Å². The van der Waals surface area contributed by atoms with Crippen LogP contribution in [0.15, 0.2) is 12.5 Å². The van der Waals surface area contributed by atoms with Crippen LogP contribution in [0.1, 0.15) is 49.8 Å². The number of nitrogens with zero attached hydrogens (tertiary/aromatic N) is 4. The molecular formula is C18H26N4O. The van der Waals surface area contributed by atoms with Crippen molar-refractivity contribution in [3.63, 3.8) is 0 Å². The van der Waals surface area contributed by atoms with Crippen LogP contribution in [0.25, 0.3) is 0 Å². The van der Waals surface area contributed by atoms with E-state index in [4.69, 9.17) is 0 Å². The Morgan fingerprint density at radius 2 is 2.04 bits per heavy atom. The molecule has 2 fully saturated rings. The fraction of sp³-hybridized carbons (Fsp3) is 0.722. The highest BCUT2D eigenvalue weighted by Gasteiger charge is 2.36. The summed E-state index contributed by atoms with van der Waals surface area (Å²) >= 11 is 0. The highest BCUT2D eigenvalue weighted by Crippen LogP contribution is 2.35. The first-order valence-corrected chi connectivity index (χ1v) is 9.11. The van der Waals surface area contributed by atoms with Crippen molar-refractivity contribution in [1.29, 1.82) is 0 Å². The maximum absolute atomic E-state index is 12.9. The third kappa shape index (κ3) is 3.11. The molecule has 124 valence electrons. The number of fused-ring (bicyclic) bond motifs is 2. The molecular weight excluding hydrogens is 288 g/mol. The van der Waals surface area contributed by atoms with Gasteiger partial charge in [-0.3, -0.25) is 9.69 Å². The summed E-state index contributed by atoms with van der Waals surface area (Å²) in [5.41, 5.74) is 2.33. The molecule has 0 aromatic carbocycles. The molecule has 0 bridgehead atoms. The second-order valence-corrected chi connectivity index (χ2v) is 7.30. The highest BCUT2D eigenvalue weighted by atomic mass is 16.2. The quantitative estimate of drug-likeness (QED) is 0.838. The van der Waals surface area contributed by atoms with Crippen LogP contribution < -0.4 is 0 Å². The molecule has 1 saturated carbocycles. The fourth-order valence-electron chi connectivity index (χ4n) is 4.66. The van der Waals surface area contributed by atoms with Gasteiger partial charge in [0.1, 0.15) is 6.33 Å². The van der Waals surface area contributed by atoms with Gasteiger partial charge >= 0.3 is 0 Å². The Kier molecular flexibility index (Phi) is 4.29. The van der Waals surface area contributed by atoms with Gasteiger partial charge in [-0.15, -0.1) is 0 Å². The Balaban J connectivity index is 1.40. The molecule has 1 saturated heterocycles. The summed E-state index contributed by atoms with van der Waals surface area (Å²) in [5, 5.41) is 0. The zero-order valence-corrected chi connectivity index (χ0v) is 13.8. The second-order valence-electron chi connectivity index (χ2n) is 7.30. The van der Waals surface area contributed by atoms with E-state index < -0.39 is 0 Å². The SMILES string of the molecule is O=C(CN1CCc2cncnc2C1)N1CCC[C@@H]2CCCC[C@H]21. The van der Waals surface area contributed by atoms with Crippen molar-refractivity contribution in [2.75, 3.05) is 19.6 Å². The minimum absolute atomic E-state index is 0.333. The van der Waals surface area contributed by atoms with Crippen molar-refractivity contribution in [2.24, 2.45) is 5.92 Å². The van der Waals surface area contributed by atoms with E-state index in [0.717, 1.165) is 37.7 Å². The Morgan fingerprint density at radius 1 is 1.17 bits per heavy atom. The number of rotatable bonds is 2. The van der Waals surface area contributed by atoms with Crippen LogP contribution in [0.2, 0.25) is 0 Å². The van der Waals surface area contributed by atoms with E-state index in [-0.39, 0.29) is 0 Å².